The molecule has 0 aliphatic carbocycles. The molecule has 1 unspecified atom stereocenters. The summed E-state index contributed by atoms with van der Waals surface area (Å²) < 4.78 is 16.3. The molecule has 1 aliphatic rings. The number of halogens is 2. The Morgan fingerprint density at radius 3 is 2.46 bits per heavy atom. The molecule has 1 aliphatic heterocycles. The fourth-order valence-corrected chi connectivity index (χ4v) is 6.06. The molecule has 5 rings (SSSR count). The van der Waals surface area contributed by atoms with Gasteiger partial charge in [-0.3, -0.25) is 14.5 Å². The van der Waals surface area contributed by atoms with Gasteiger partial charge in [-0.2, -0.15) is 0 Å². The summed E-state index contributed by atoms with van der Waals surface area (Å²) in [6.45, 7) is 0.235. The number of carbonyl (C=O) groups is 2. The van der Waals surface area contributed by atoms with Crippen LogP contribution in [0.3, 0.4) is 0 Å². The van der Waals surface area contributed by atoms with Crippen molar-refractivity contribution < 1.29 is 14.0 Å². The number of thioether (sulfide) groups is 1. The summed E-state index contributed by atoms with van der Waals surface area (Å²) in [4.78, 5) is 29.0. The molecule has 0 spiro atoms. The van der Waals surface area contributed by atoms with Crippen molar-refractivity contribution in [2.24, 2.45) is 7.05 Å². The van der Waals surface area contributed by atoms with Gasteiger partial charge in [0.05, 0.1) is 10.8 Å². The number of aryl methyl sites for hydroxylation is 1. The molecule has 1 aromatic heterocycles. The number of para-hydroxylation sites is 1. The predicted octanol–water partition coefficient (Wildman–Crippen LogP) is 5.75. The Morgan fingerprint density at radius 1 is 1.06 bits per heavy atom. The van der Waals surface area contributed by atoms with Crippen LogP contribution in [-0.4, -0.2) is 22.1 Å². The van der Waals surface area contributed by atoms with Crippen LogP contribution < -0.4 is 10.2 Å². The molecule has 2 heterocycles. The van der Waals surface area contributed by atoms with Crippen LogP contribution in [-0.2, 0) is 27.6 Å². The molecule has 0 saturated heterocycles. The highest BCUT2D eigenvalue weighted by Crippen LogP contribution is 2.43. The van der Waals surface area contributed by atoms with Crippen molar-refractivity contribution >= 4 is 62.8 Å². The van der Waals surface area contributed by atoms with Crippen LogP contribution in [0, 0.1) is 5.82 Å². The van der Waals surface area contributed by atoms with E-state index in [9.17, 15) is 14.0 Å². The van der Waals surface area contributed by atoms with Gasteiger partial charge in [-0.15, -0.1) is 0 Å². The second-order valence-electron chi connectivity index (χ2n) is 8.39. The van der Waals surface area contributed by atoms with Crippen LogP contribution in [0.25, 0.3) is 10.9 Å². The molecule has 1 atom stereocenters. The number of hydrogen-bond acceptors (Lipinski definition) is 3. The minimum atomic E-state index is -0.843. The highest BCUT2D eigenvalue weighted by molar-refractivity contribution is 14.1. The minimum absolute atomic E-state index is 0.126. The van der Waals surface area contributed by atoms with Gasteiger partial charge in [0.1, 0.15) is 11.9 Å². The third-order valence-corrected chi connectivity index (χ3v) is 8.26. The molecule has 4 aromatic rings. The number of carbonyl (C=O) groups excluding carboxylic acids is 2. The molecule has 0 bridgehead atoms. The number of aromatic nitrogens is 1. The standard InChI is InChI=1S/C27H23FIN3O2S/c1-31-22-5-3-2-4-21(22)24-25(26(34)30-15-18-6-10-19(28)11-7-18)32(23(33)16-35-27(24)31)20-12-8-17(14-29)9-13-20/h2-13,25H,14-16H2,1H3,(H,30,34). The Balaban J connectivity index is 1.62. The average molecular weight is 599 g/mol. The number of hydrogen-bond donors (Lipinski definition) is 1. The van der Waals surface area contributed by atoms with Crippen molar-refractivity contribution in [2.45, 2.75) is 22.0 Å². The van der Waals surface area contributed by atoms with Gasteiger partial charge >= 0.3 is 0 Å². The van der Waals surface area contributed by atoms with E-state index in [1.54, 1.807) is 17.0 Å². The lowest BCUT2D eigenvalue weighted by Crippen LogP contribution is -2.43. The highest BCUT2D eigenvalue weighted by Gasteiger charge is 2.39. The third-order valence-electron chi connectivity index (χ3n) is 6.22. The number of anilines is 1. The number of amides is 2. The summed E-state index contributed by atoms with van der Waals surface area (Å²) in [5.74, 6) is -0.499. The monoisotopic (exact) mass is 599 g/mol. The van der Waals surface area contributed by atoms with Gasteiger partial charge < -0.3 is 9.88 Å². The predicted molar refractivity (Wildman–Crippen MR) is 146 cm³/mol. The van der Waals surface area contributed by atoms with Crippen molar-refractivity contribution in [3.05, 3.63) is 95.3 Å². The Kier molecular flexibility index (Phi) is 6.84. The molecule has 0 radical (unpaired) electrons. The topological polar surface area (TPSA) is 54.3 Å². The van der Waals surface area contributed by atoms with E-state index in [0.29, 0.717) is 5.69 Å². The zero-order valence-corrected chi connectivity index (χ0v) is 22.0. The first kappa shape index (κ1) is 23.9. The second kappa shape index (κ2) is 10.0. The largest absolute Gasteiger partial charge is 0.350 e. The molecule has 35 heavy (non-hydrogen) atoms. The van der Waals surface area contributed by atoms with Crippen LogP contribution in [0.4, 0.5) is 10.1 Å². The van der Waals surface area contributed by atoms with E-state index < -0.39 is 6.04 Å². The summed E-state index contributed by atoms with van der Waals surface area (Å²) in [5.41, 5.74) is 4.45. The summed E-state index contributed by atoms with van der Waals surface area (Å²) in [6, 6.07) is 20.9. The quantitative estimate of drug-likeness (QED) is 0.235. The Labute approximate surface area is 220 Å². The van der Waals surface area contributed by atoms with Crippen LogP contribution in [0.1, 0.15) is 22.7 Å². The van der Waals surface area contributed by atoms with Crippen molar-refractivity contribution in [3.63, 3.8) is 0 Å². The molecule has 5 nitrogen and oxygen atoms in total. The maximum Gasteiger partial charge on any atom is 0.248 e. The first-order valence-corrected chi connectivity index (χ1v) is 13.7. The number of alkyl halides is 1. The normalized spacial score (nSPS) is 15.7. The number of benzene rings is 3. The smallest absolute Gasteiger partial charge is 0.248 e. The molecule has 3 aromatic carbocycles. The van der Waals surface area contributed by atoms with Crippen molar-refractivity contribution in [2.75, 3.05) is 10.7 Å². The molecule has 1 N–H and O–H groups in total. The van der Waals surface area contributed by atoms with Crippen molar-refractivity contribution in [1.29, 1.82) is 0 Å². The van der Waals surface area contributed by atoms with Gasteiger partial charge in [0, 0.05) is 40.2 Å². The van der Waals surface area contributed by atoms with E-state index >= 15 is 0 Å². The summed E-state index contributed by atoms with van der Waals surface area (Å²) in [7, 11) is 1.97. The van der Waals surface area contributed by atoms with Gasteiger partial charge in [-0.05, 0) is 41.5 Å². The second-order valence-corrected chi connectivity index (χ2v) is 10.1. The zero-order chi connectivity index (χ0) is 24.5. The fourth-order valence-electron chi connectivity index (χ4n) is 4.49. The molecule has 0 saturated carbocycles. The molecule has 178 valence electrons. The molecular weight excluding hydrogens is 576 g/mol. The number of nitrogens with zero attached hydrogens (tertiary/aromatic N) is 2. The van der Waals surface area contributed by atoms with Crippen LogP contribution >= 0.6 is 34.4 Å². The lowest BCUT2D eigenvalue weighted by Gasteiger charge is -2.30. The first-order valence-electron chi connectivity index (χ1n) is 11.2. The lowest BCUT2D eigenvalue weighted by atomic mass is 10.0. The summed E-state index contributed by atoms with van der Waals surface area (Å²) in [6.07, 6.45) is 0. The third kappa shape index (κ3) is 4.56. The lowest BCUT2D eigenvalue weighted by molar-refractivity contribution is -0.125. The van der Waals surface area contributed by atoms with Gasteiger partial charge in [-0.1, -0.05) is 76.8 Å². The Bertz CT molecular complexity index is 1400. The van der Waals surface area contributed by atoms with E-state index in [1.807, 2.05) is 55.6 Å². The molecular formula is C27H23FIN3O2S. The average Bonchev–Trinajstić information content (AvgIpc) is 3.06. The van der Waals surface area contributed by atoms with E-state index in [0.717, 1.165) is 37.0 Å². The Hall–Kier alpha value is -2.85. The van der Waals surface area contributed by atoms with E-state index in [-0.39, 0.29) is 29.9 Å². The molecule has 0 fully saturated rings. The van der Waals surface area contributed by atoms with E-state index in [1.165, 1.54) is 23.9 Å². The Morgan fingerprint density at radius 2 is 1.74 bits per heavy atom. The molecule has 2 amide bonds. The maximum atomic E-state index is 13.9. The number of fused-ring (bicyclic) bond motifs is 3. The summed E-state index contributed by atoms with van der Waals surface area (Å²) in [5, 5.41) is 4.86. The fraction of sp³-hybridized carbons (Fsp3) is 0.185. The van der Waals surface area contributed by atoms with E-state index in [2.05, 4.69) is 32.5 Å². The zero-order valence-electron chi connectivity index (χ0n) is 19.0. The number of rotatable bonds is 5. The van der Waals surface area contributed by atoms with Gasteiger partial charge in [0.15, 0.2) is 0 Å². The van der Waals surface area contributed by atoms with Gasteiger partial charge in [-0.25, -0.2) is 4.39 Å². The van der Waals surface area contributed by atoms with E-state index in [4.69, 9.17) is 0 Å². The van der Waals surface area contributed by atoms with Crippen LogP contribution in [0.2, 0.25) is 0 Å². The van der Waals surface area contributed by atoms with Crippen LogP contribution in [0.5, 0.6) is 0 Å². The van der Waals surface area contributed by atoms with Crippen molar-refractivity contribution in [3.8, 4) is 0 Å². The van der Waals surface area contributed by atoms with Crippen LogP contribution in [0.15, 0.2) is 77.8 Å². The van der Waals surface area contributed by atoms with Gasteiger partial charge in [0.2, 0.25) is 11.8 Å². The minimum Gasteiger partial charge on any atom is -0.350 e. The molecule has 8 heteroatoms. The number of nitrogens with one attached hydrogen (secondary N) is 1. The van der Waals surface area contributed by atoms with Crippen molar-refractivity contribution in [1.82, 2.24) is 9.88 Å². The SMILES string of the molecule is Cn1c2c(c3ccccc31)C(C(=O)NCc1ccc(F)cc1)N(c1ccc(CI)cc1)C(=O)CS2. The first-order chi connectivity index (χ1) is 17.0. The van der Waals surface area contributed by atoms with Gasteiger partial charge in [0.25, 0.3) is 0 Å². The maximum absolute atomic E-state index is 13.9. The summed E-state index contributed by atoms with van der Waals surface area (Å²) >= 11 is 3.76. The highest BCUT2D eigenvalue weighted by atomic mass is 127.